The maximum Gasteiger partial charge on any atom is 0.248 e. The third-order valence-electron chi connectivity index (χ3n) is 6.86. The van der Waals surface area contributed by atoms with E-state index >= 15 is 0 Å². The fraction of sp³-hybridized carbons (Fsp3) is 0.958. The Labute approximate surface area is 179 Å². The Kier molecular flexibility index (Phi) is 11.6. The van der Waals surface area contributed by atoms with Crippen molar-refractivity contribution in [3.63, 3.8) is 0 Å². The van der Waals surface area contributed by atoms with Crippen LogP contribution in [0.25, 0.3) is 0 Å². The summed E-state index contributed by atoms with van der Waals surface area (Å²) in [4.78, 5) is 16.9. The van der Waals surface area contributed by atoms with Crippen molar-refractivity contribution in [2.75, 3.05) is 52.4 Å². The van der Waals surface area contributed by atoms with Gasteiger partial charge in [0.1, 0.15) is 6.61 Å². The van der Waals surface area contributed by atoms with Crippen LogP contribution in [0.4, 0.5) is 0 Å². The summed E-state index contributed by atoms with van der Waals surface area (Å²) in [6, 6.07) is 0. The number of likely N-dealkylation sites (tertiary alicyclic amines) is 2. The maximum absolute atomic E-state index is 12.2. The Bertz CT molecular complexity index is 435. The highest BCUT2D eigenvalue weighted by Crippen LogP contribution is 2.30. The molecule has 0 spiro atoms. The number of ether oxygens (including phenoxy) is 1. The minimum atomic E-state index is 0.132. The Morgan fingerprint density at radius 1 is 0.897 bits per heavy atom. The van der Waals surface area contributed by atoms with E-state index in [1.54, 1.807) is 0 Å². The monoisotopic (exact) mass is 409 g/mol. The summed E-state index contributed by atoms with van der Waals surface area (Å²) in [7, 11) is 0. The van der Waals surface area contributed by atoms with Crippen molar-refractivity contribution in [1.29, 1.82) is 0 Å². The van der Waals surface area contributed by atoms with Gasteiger partial charge in [-0.2, -0.15) is 0 Å². The van der Waals surface area contributed by atoms with E-state index in [1.165, 1.54) is 77.7 Å². The first-order valence-corrected chi connectivity index (χ1v) is 12.4. The number of nitrogens with zero attached hydrogens (tertiary/aromatic N) is 2. The van der Waals surface area contributed by atoms with Gasteiger partial charge in [0.2, 0.25) is 5.91 Å². The highest BCUT2D eigenvalue weighted by Gasteiger charge is 2.28. The van der Waals surface area contributed by atoms with Crippen molar-refractivity contribution in [1.82, 2.24) is 15.1 Å². The quantitative estimate of drug-likeness (QED) is 0.695. The van der Waals surface area contributed by atoms with E-state index < -0.39 is 0 Å². The minimum absolute atomic E-state index is 0.132. The molecule has 3 fully saturated rings. The van der Waals surface area contributed by atoms with Gasteiger partial charge in [0, 0.05) is 19.6 Å². The lowest BCUT2D eigenvalue weighted by atomic mass is 9.82. The van der Waals surface area contributed by atoms with Crippen molar-refractivity contribution >= 4 is 5.91 Å². The predicted octanol–water partition coefficient (Wildman–Crippen LogP) is 3.78. The maximum atomic E-state index is 12.2. The normalized spacial score (nSPS) is 23.1. The van der Waals surface area contributed by atoms with Crippen LogP contribution in [0.1, 0.15) is 72.6 Å². The van der Waals surface area contributed by atoms with E-state index in [4.69, 9.17) is 4.74 Å². The van der Waals surface area contributed by atoms with E-state index in [1.807, 2.05) is 32.6 Å². The standard InChI is InChI=1S/C22H41N3O2.C2H6/c1-18(2)27-17-22(26)25-13-7-20(8-14-25)15-19-5-11-24(12-6-19)16-21-3-9-23-10-4-21;1-2/h18-21,23H,3-17H2,1-2H3;1-2H3. The first kappa shape index (κ1) is 24.6. The molecule has 0 unspecified atom stereocenters. The van der Waals surface area contributed by atoms with Crippen LogP contribution >= 0.6 is 0 Å². The lowest BCUT2D eigenvalue weighted by molar-refractivity contribution is -0.139. The van der Waals surface area contributed by atoms with Gasteiger partial charge in [-0.15, -0.1) is 0 Å². The average Bonchev–Trinajstić information content (AvgIpc) is 2.76. The fourth-order valence-electron chi connectivity index (χ4n) is 5.05. The molecule has 0 atom stereocenters. The van der Waals surface area contributed by atoms with Gasteiger partial charge in [0.15, 0.2) is 0 Å². The number of carbonyl (C=O) groups excluding carboxylic acids is 1. The second-order valence-corrected chi connectivity index (χ2v) is 9.36. The van der Waals surface area contributed by atoms with Crippen LogP contribution in [0.15, 0.2) is 0 Å². The molecule has 3 aliphatic heterocycles. The van der Waals surface area contributed by atoms with Gasteiger partial charge >= 0.3 is 0 Å². The number of piperidine rings is 3. The van der Waals surface area contributed by atoms with E-state index in [-0.39, 0.29) is 18.6 Å². The summed E-state index contributed by atoms with van der Waals surface area (Å²) in [5.74, 6) is 2.82. The van der Waals surface area contributed by atoms with Gasteiger partial charge in [-0.1, -0.05) is 13.8 Å². The van der Waals surface area contributed by atoms with E-state index in [0.29, 0.717) is 0 Å². The molecule has 5 nitrogen and oxygen atoms in total. The molecule has 0 saturated carbocycles. The average molecular weight is 410 g/mol. The highest BCUT2D eigenvalue weighted by molar-refractivity contribution is 5.77. The molecular formula is C24H47N3O2. The Morgan fingerprint density at radius 3 is 2.00 bits per heavy atom. The Hall–Kier alpha value is -0.650. The molecule has 0 aromatic rings. The van der Waals surface area contributed by atoms with Gasteiger partial charge in [0.05, 0.1) is 6.10 Å². The molecule has 1 amide bonds. The summed E-state index contributed by atoms with van der Waals surface area (Å²) in [6.45, 7) is 16.4. The zero-order valence-electron chi connectivity index (χ0n) is 19.6. The zero-order chi connectivity index (χ0) is 21.1. The first-order valence-electron chi connectivity index (χ1n) is 12.4. The van der Waals surface area contributed by atoms with Crippen molar-refractivity contribution < 1.29 is 9.53 Å². The fourth-order valence-corrected chi connectivity index (χ4v) is 5.05. The second kappa shape index (κ2) is 13.6. The molecule has 0 bridgehead atoms. The van der Waals surface area contributed by atoms with Crippen molar-refractivity contribution in [3.8, 4) is 0 Å². The van der Waals surface area contributed by atoms with Gasteiger partial charge in [-0.05, 0) is 103 Å². The van der Waals surface area contributed by atoms with Gasteiger partial charge < -0.3 is 19.9 Å². The highest BCUT2D eigenvalue weighted by atomic mass is 16.5. The zero-order valence-corrected chi connectivity index (χ0v) is 19.6. The van der Waals surface area contributed by atoms with Gasteiger partial charge in [-0.3, -0.25) is 4.79 Å². The smallest absolute Gasteiger partial charge is 0.248 e. The Morgan fingerprint density at radius 2 is 1.45 bits per heavy atom. The third-order valence-corrected chi connectivity index (χ3v) is 6.86. The van der Waals surface area contributed by atoms with Crippen molar-refractivity contribution in [3.05, 3.63) is 0 Å². The molecule has 0 radical (unpaired) electrons. The molecule has 0 aromatic heterocycles. The molecule has 3 saturated heterocycles. The van der Waals surface area contributed by atoms with Crippen molar-refractivity contribution in [2.45, 2.75) is 78.7 Å². The van der Waals surface area contributed by atoms with Crippen LogP contribution in [0.5, 0.6) is 0 Å². The number of hydrogen-bond donors (Lipinski definition) is 1. The summed E-state index contributed by atoms with van der Waals surface area (Å²) < 4.78 is 5.47. The van der Waals surface area contributed by atoms with E-state index in [2.05, 4.69) is 10.2 Å². The summed E-state index contributed by atoms with van der Waals surface area (Å²) in [5, 5.41) is 3.48. The predicted molar refractivity (Wildman–Crippen MR) is 121 cm³/mol. The molecule has 170 valence electrons. The van der Waals surface area contributed by atoms with Gasteiger partial charge in [0.25, 0.3) is 0 Å². The third kappa shape index (κ3) is 8.94. The summed E-state index contributed by atoms with van der Waals surface area (Å²) in [5.41, 5.74) is 0. The van der Waals surface area contributed by atoms with Crippen LogP contribution in [0.3, 0.4) is 0 Å². The Balaban J connectivity index is 0.00000145. The lowest BCUT2D eigenvalue weighted by Gasteiger charge is -2.38. The molecule has 3 aliphatic rings. The number of carbonyl (C=O) groups is 1. The first-order chi connectivity index (χ1) is 14.1. The van der Waals surface area contributed by atoms with E-state index in [0.717, 1.165) is 30.8 Å². The number of amides is 1. The minimum Gasteiger partial charge on any atom is -0.369 e. The molecule has 29 heavy (non-hydrogen) atoms. The topological polar surface area (TPSA) is 44.8 Å². The molecule has 3 rings (SSSR count). The largest absolute Gasteiger partial charge is 0.369 e. The molecule has 1 N–H and O–H groups in total. The summed E-state index contributed by atoms with van der Waals surface area (Å²) in [6.07, 6.45) is 9.36. The van der Waals surface area contributed by atoms with Crippen LogP contribution < -0.4 is 5.32 Å². The van der Waals surface area contributed by atoms with Gasteiger partial charge in [-0.25, -0.2) is 0 Å². The molecule has 3 heterocycles. The van der Waals surface area contributed by atoms with Crippen LogP contribution in [0, 0.1) is 17.8 Å². The van der Waals surface area contributed by atoms with Crippen LogP contribution in [-0.4, -0.2) is 74.2 Å². The second-order valence-electron chi connectivity index (χ2n) is 9.36. The van der Waals surface area contributed by atoms with Crippen molar-refractivity contribution in [2.24, 2.45) is 17.8 Å². The molecule has 0 aromatic carbocycles. The molecular weight excluding hydrogens is 362 g/mol. The number of nitrogens with one attached hydrogen (secondary N) is 1. The lowest BCUT2D eigenvalue weighted by Crippen LogP contribution is -2.42. The number of hydrogen-bond acceptors (Lipinski definition) is 4. The molecule has 0 aliphatic carbocycles. The van der Waals surface area contributed by atoms with E-state index in [9.17, 15) is 4.79 Å². The molecule has 5 heteroatoms. The summed E-state index contributed by atoms with van der Waals surface area (Å²) >= 11 is 0. The number of rotatable bonds is 7. The van der Waals surface area contributed by atoms with Crippen LogP contribution in [0.2, 0.25) is 0 Å². The SMILES string of the molecule is CC.CC(C)OCC(=O)N1CCC(CC2CCN(CC3CCNCC3)CC2)CC1. The van der Waals surface area contributed by atoms with Crippen LogP contribution in [-0.2, 0) is 9.53 Å².